The average molecular weight is 471 g/mol. The highest BCUT2D eigenvalue weighted by Gasteiger charge is 2.22. The second-order valence-corrected chi connectivity index (χ2v) is 9.93. The van der Waals surface area contributed by atoms with Gasteiger partial charge in [-0.1, -0.05) is 53.7 Å². The van der Waals surface area contributed by atoms with E-state index in [9.17, 15) is 0 Å². The molecule has 0 radical (unpaired) electrons. The lowest BCUT2D eigenvalue weighted by Gasteiger charge is -2.23. The van der Waals surface area contributed by atoms with Crippen LogP contribution < -0.4 is 4.74 Å². The van der Waals surface area contributed by atoms with Crippen molar-refractivity contribution >= 4 is 0 Å². The summed E-state index contributed by atoms with van der Waals surface area (Å²) in [5, 5.41) is 0. The van der Waals surface area contributed by atoms with Crippen LogP contribution in [0.5, 0.6) is 11.5 Å². The molecule has 4 aromatic rings. The number of nitrogens with one attached hydrogen (secondary N) is 2. The Morgan fingerprint density at radius 1 is 0.657 bits per heavy atom. The van der Waals surface area contributed by atoms with Gasteiger partial charge in [-0.3, -0.25) is 0 Å². The third-order valence-electron chi connectivity index (χ3n) is 6.95. The van der Waals surface area contributed by atoms with Crippen LogP contribution in [0.2, 0.25) is 0 Å². The standard InChI is InChI=1S/C30H38N4O/c1-7-23(29-15-31-17-33-29)27-13-21(9-11-25(27)19(3)4)35-22-10-12-26(20(5)6)28(14-22)24(8-2)30-16-32-18-34-30/h9-20,23-24H,7-8H2,1-6H3,(H,31,33)(H,32,34). The molecule has 35 heavy (non-hydrogen) atoms. The largest absolute Gasteiger partial charge is 0.457 e. The molecule has 2 atom stereocenters. The molecule has 0 aliphatic carbocycles. The third kappa shape index (κ3) is 5.34. The van der Waals surface area contributed by atoms with Crippen LogP contribution in [0.15, 0.2) is 61.4 Å². The zero-order valence-electron chi connectivity index (χ0n) is 21.8. The lowest BCUT2D eigenvalue weighted by Crippen LogP contribution is -2.07. The molecule has 0 amide bonds. The fourth-order valence-electron chi connectivity index (χ4n) is 5.15. The van der Waals surface area contributed by atoms with Crippen molar-refractivity contribution in [1.82, 2.24) is 19.9 Å². The highest BCUT2D eigenvalue weighted by atomic mass is 16.5. The molecule has 2 aromatic heterocycles. The molecule has 0 saturated carbocycles. The quantitative estimate of drug-likeness (QED) is 0.245. The molecule has 4 rings (SSSR count). The molecule has 0 aliphatic rings. The van der Waals surface area contributed by atoms with Gasteiger partial charge in [0.15, 0.2) is 0 Å². The molecule has 2 unspecified atom stereocenters. The van der Waals surface area contributed by atoms with Gasteiger partial charge in [-0.15, -0.1) is 0 Å². The highest BCUT2D eigenvalue weighted by Crippen LogP contribution is 2.39. The molecule has 2 N–H and O–H groups in total. The topological polar surface area (TPSA) is 66.6 Å². The van der Waals surface area contributed by atoms with Crippen molar-refractivity contribution < 1.29 is 4.74 Å². The predicted molar refractivity (Wildman–Crippen MR) is 143 cm³/mol. The second kappa shape index (κ2) is 10.9. The fraction of sp³-hybridized carbons (Fsp3) is 0.400. The van der Waals surface area contributed by atoms with Crippen molar-refractivity contribution in [2.24, 2.45) is 0 Å². The van der Waals surface area contributed by atoms with E-state index < -0.39 is 0 Å². The zero-order chi connectivity index (χ0) is 24.9. The molecular formula is C30H38N4O. The van der Waals surface area contributed by atoms with Gasteiger partial charge in [-0.05, 0) is 71.2 Å². The van der Waals surface area contributed by atoms with E-state index in [1.54, 1.807) is 12.7 Å². The number of H-pyrrole nitrogens is 2. The van der Waals surface area contributed by atoms with Crippen LogP contribution >= 0.6 is 0 Å². The number of aromatic nitrogens is 4. The Morgan fingerprint density at radius 3 is 1.40 bits per heavy atom. The summed E-state index contributed by atoms with van der Waals surface area (Å²) < 4.78 is 6.50. The number of nitrogens with zero attached hydrogens (tertiary/aromatic N) is 2. The Morgan fingerprint density at radius 2 is 1.09 bits per heavy atom. The molecule has 0 spiro atoms. The Labute approximate surface area is 209 Å². The Bertz CT molecular complexity index is 1110. The van der Waals surface area contributed by atoms with Crippen LogP contribution in [-0.2, 0) is 0 Å². The summed E-state index contributed by atoms with van der Waals surface area (Å²) in [5.74, 6) is 3.07. The van der Waals surface area contributed by atoms with E-state index in [2.05, 4.69) is 97.9 Å². The zero-order valence-corrected chi connectivity index (χ0v) is 21.8. The fourth-order valence-corrected chi connectivity index (χ4v) is 5.15. The Hall–Kier alpha value is -3.34. The maximum absolute atomic E-state index is 6.50. The summed E-state index contributed by atoms with van der Waals surface area (Å²) in [6.45, 7) is 13.4. The van der Waals surface area contributed by atoms with Gasteiger partial charge in [0.2, 0.25) is 0 Å². The maximum Gasteiger partial charge on any atom is 0.127 e. The van der Waals surface area contributed by atoms with Crippen LogP contribution in [0.25, 0.3) is 0 Å². The van der Waals surface area contributed by atoms with Crippen LogP contribution in [0.3, 0.4) is 0 Å². The predicted octanol–water partition coefficient (Wildman–Crippen LogP) is 8.26. The molecule has 0 fully saturated rings. The van der Waals surface area contributed by atoms with E-state index in [1.165, 1.54) is 22.3 Å². The first-order valence-corrected chi connectivity index (χ1v) is 12.8. The van der Waals surface area contributed by atoms with E-state index in [0.717, 1.165) is 35.7 Å². The summed E-state index contributed by atoms with van der Waals surface area (Å²) >= 11 is 0. The smallest absolute Gasteiger partial charge is 0.127 e. The van der Waals surface area contributed by atoms with E-state index in [1.807, 2.05) is 12.4 Å². The molecular weight excluding hydrogens is 432 g/mol. The van der Waals surface area contributed by atoms with Crippen molar-refractivity contribution in [2.45, 2.75) is 78.1 Å². The van der Waals surface area contributed by atoms with Crippen molar-refractivity contribution in [1.29, 1.82) is 0 Å². The third-order valence-corrected chi connectivity index (χ3v) is 6.95. The Kier molecular flexibility index (Phi) is 7.74. The van der Waals surface area contributed by atoms with Crippen molar-refractivity contribution in [2.75, 3.05) is 0 Å². The number of hydrogen-bond donors (Lipinski definition) is 2. The summed E-state index contributed by atoms with van der Waals surface area (Å²) in [4.78, 5) is 15.2. The van der Waals surface area contributed by atoms with Crippen LogP contribution in [0, 0.1) is 0 Å². The summed E-state index contributed by atoms with van der Waals surface area (Å²) in [7, 11) is 0. The van der Waals surface area contributed by atoms with E-state index in [0.29, 0.717) is 11.8 Å². The number of benzene rings is 2. The van der Waals surface area contributed by atoms with Gasteiger partial charge >= 0.3 is 0 Å². The monoisotopic (exact) mass is 470 g/mol. The molecule has 0 bridgehead atoms. The van der Waals surface area contributed by atoms with E-state index in [4.69, 9.17) is 4.74 Å². The van der Waals surface area contributed by atoms with Gasteiger partial charge in [-0.2, -0.15) is 0 Å². The normalized spacial score (nSPS) is 13.4. The molecule has 2 heterocycles. The van der Waals surface area contributed by atoms with Gasteiger partial charge in [0, 0.05) is 35.6 Å². The molecule has 2 aromatic carbocycles. The molecule has 184 valence electrons. The minimum absolute atomic E-state index is 0.252. The maximum atomic E-state index is 6.50. The van der Waals surface area contributed by atoms with Crippen molar-refractivity contribution in [3.63, 3.8) is 0 Å². The van der Waals surface area contributed by atoms with Gasteiger partial charge in [0.25, 0.3) is 0 Å². The summed E-state index contributed by atoms with van der Waals surface area (Å²) in [6.07, 6.45) is 9.36. The van der Waals surface area contributed by atoms with E-state index >= 15 is 0 Å². The van der Waals surface area contributed by atoms with Crippen molar-refractivity contribution in [3.8, 4) is 11.5 Å². The van der Waals surface area contributed by atoms with Gasteiger partial charge in [-0.25, -0.2) is 9.97 Å². The minimum atomic E-state index is 0.252. The number of ether oxygens (including phenoxy) is 1. The van der Waals surface area contributed by atoms with Gasteiger partial charge < -0.3 is 14.7 Å². The molecule has 0 saturated heterocycles. The first kappa shape index (κ1) is 24.8. The number of rotatable bonds is 10. The van der Waals surface area contributed by atoms with Crippen LogP contribution in [-0.4, -0.2) is 19.9 Å². The van der Waals surface area contributed by atoms with E-state index in [-0.39, 0.29) is 11.8 Å². The summed E-state index contributed by atoms with van der Waals surface area (Å²) in [6, 6.07) is 13.1. The number of aromatic amines is 2. The first-order chi connectivity index (χ1) is 16.9. The molecule has 0 aliphatic heterocycles. The number of imidazole rings is 2. The Balaban J connectivity index is 1.72. The molecule has 5 nitrogen and oxygen atoms in total. The first-order valence-electron chi connectivity index (χ1n) is 12.8. The second-order valence-electron chi connectivity index (χ2n) is 9.93. The minimum Gasteiger partial charge on any atom is -0.457 e. The number of hydrogen-bond acceptors (Lipinski definition) is 3. The lowest BCUT2D eigenvalue weighted by atomic mass is 9.85. The van der Waals surface area contributed by atoms with Crippen molar-refractivity contribution in [3.05, 3.63) is 95.1 Å². The van der Waals surface area contributed by atoms with Gasteiger partial charge in [0.1, 0.15) is 11.5 Å². The van der Waals surface area contributed by atoms with Crippen LogP contribution in [0.1, 0.15) is 112 Å². The lowest BCUT2D eigenvalue weighted by molar-refractivity contribution is 0.479. The van der Waals surface area contributed by atoms with Crippen LogP contribution in [0.4, 0.5) is 0 Å². The SMILES string of the molecule is CCC(c1cnc[nH]1)c1cc(Oc2ccc(C(C)C)c(C(CC)c3cnc[nH]3)c2)ccc1C(C)C. The average Bonchev–Trinajstić information content (AvgIpc) is 3.55. The highest BCUT2D eigenvalue weighted by molar-refractivity contribution is 5.47. The van der Waals surface area contributed by atoms with Gasteiger partial charge in [0.05, 0.1) is 12.7 Å². The summed E-state index contributed by atoms with van der Waals surface area (Å²) in [5.41, 5.74) is 7.57. The molecule has 5 heteroatoms.